The maximum Gasteiger partial charge on any atom is 0.326 e. The molecule has 2 saturated carbocycles. The second-order valence-corrected chi connectivity index (χ2v) is 6.22. The van der Waals surface area contributed by atoms with Crippen LogP contribution < -0.4 is 10.6 Å². The normalized spacial score (nSPS) is 19.3. The third-order valence-corrected chi connectivity index (χ3v) is 4.40. The second-order valence-electron chi connectivity index (χ2n) is 6.22. The van der Waals surface area contributed by atoms with Crippen LogP contribution in [0.1, 0.15) is 38.5 Å². The summed E-state index contributed by atoms with van der Waals surface area (Å²) in [6.07, 6.45) is 6.10. The van der Waals surface area contributed by atoms with E-state index < -0.39 is 12.0 Å². The van der Waals surface area contributed by atoms with Crippen LogP contribution in [0.3, 0.4) is 0 Å². The van der Waals surface area contributed by atoms with E-state index in [1.54, 1.807) is 7.11 Å². The Kier molecular flexibility index (Phi) is 5.85. The van der Waals surface area contributed by atoms with Gasteiger partial charge in [-0.25, -0.2) is 9.59 Å². The predicted octanol–water partition coefficient (Wildman–Crippen LogP) is 1.60. The van der Waals surface area contributed by atoms with Crippen LogP contribution in [-0.2, 0) is 9.53 Å². The summed E-state index contributed by atoms with van der Waals surface area (Å²) in [5.41, 5.74) is 0. The molecule has 0 saturated heterocycles. The van der Waals surface area contributed by atoms with Gasteiger partial charge in [0.25, 0.3) is 0 Å². The van der Waals surface area contributed by atoms with Gasteiger partial charge in [0, 0.05) is 20.3 Å². The van der Waals surface area contributed by atoms with E-state index in [1.165, 1.54) is 25.7 Å². The third kappa shape index (κ3) is 5.53. The van der Waals surface area contributed by atoms with E-state index in [-0.39, 0.29) is 6.03 Å². The zero-order valence-corrected chi connectivity index (χ0v) is 12.6. The van der Waals surface area contributed by atoms with Gasteiger partial charge in [0.1, 0.15) is 6.04 Å². The Balaban J connectivity index is 1.69. The molecule has 3 N–H and O–H groups in total. The highest BCUT2D eigenvalue weighted by Crippen LogP contribution is 2.48. The summed E-state index contributed by atoms with van der Waals surface area (Å²) in [6, 6.07) is -1.22. The minimum absolute atomic E-state index is 0.369. The molecule has 2 aliphatic rings. The number of urea groups is 1. The van der Waals surface area contributed by atoms with Crippen molar-refractivity contribution in [2.24, 2.45) is 17.8 Å². The molecule has 2 amide bonds. The van der Waals surface area contributed by atoms with Gasteiger partial charge in [0.05, 0.1) is 0 Å². The third-order valence-electron chi connectivity index (χ3n) is 4.40. The monoisotopic (exact) mass is 298 g/mol. The average Bonchev–Trinajstić information content (AvgIpc) is 3.31. The molecule has 21 heavy (non-hydrogen) atoms. The summed E-state index contributed by atoms with van der Waals surface area (Å²) in [5.74, 6) is 1.14. The molecule has 120 valence electrons. The lowest BCUT2D eigenvalue weighted by molar-refractivity contribution is -0.139. The molecular formula is C15H26N2O4. The Morgan fingerprint density at radius 3 is 2.33 bits per heavy atom. The number of carbonyl (C=O) groups is 2. The van der Waals surface area contributed by atoms with Crippen molar-refractivity contribution in [2.75, 3.05) is 20.3 Å². The number of ether oxygens (including phenoxy) is 1. The van der Waals surface area contributed by atoms with Crippen LogP contribution in [-0.4, -0.2) is 43.4 Å². The molecule has 0 aliphatic heterocycles. The fourth-order valence-corrected chi connectivity index (χ4v) is 2.88. The molecule has 0 bridgehead atoms. The first-order chi connectivity index (χ1) is 10.1. The molecule has 0 aromatic heterocycles. The lowest BCUT2D eigenvalue weighted by Crippen LogP contribution is -2.47. The first kappa shape index (κ1) is 16.1. The predicted molar refractivity (Wildman–Crippen MR) is 78.0 cm³/mol. The van der Waals surface area contributed by atoms with Gasteiger partial charge in [0.15, 0.2) is 0 Å². The largest absolute Gasteiger partial charge is 0.480 e. The number of hydrogen-bond donors (Lipinski definition) is 3. The number of nitrogens with one attached hydrogen (secondary N) is 2. The summed E-state index contributed by atoms with van der Waals surface area (Å²) in [7, 11) is 1.58. The standard InChI is InChI=1S/C15H26N2O4/c1-21-8-2-3-13(14(18)19)17-15(20)16-9-12(10-4-5-10)11-6-7-11/h10-13H,2-9H2,1H3,(H,18,19)(H2,16,17,20). The molecule has 0 heterocycles. The number of methoxy groups -OCH3 is 1. The van der Waals surface area contributed by atoms with Crippen LogP contribution >= 0.6 is 0 Å². The number of rotatable bonds is 10. The Hall–Kier alpha value is -1.30. The number of aliphatic carboxylic acids is 1. The molecular weight excluding hydrogens is 272 g/mol. The lowest BCUT2D eigenvalue weighted by Gasteiger charge is -2.19. The van der Waals surface area contributed by atoms with Gasteiger partial charge in [-0.05, 0) is 56.3 Å². The number of amides is 2. The van der Waals surface area contributed by atoms with Crippen LogP contribution in [0.25, 0.3) is 0 Å². The Labute approximate surface area is 125 Å². The maximum atomic E-state index is 11.9. The quantitative estimate of drug-likeness (QED) is 0.535. The zero-order chi connectivity index (χ0) is 15.2. The second kappa shape index (κ2) is 7.64. The maximum absolute atomic E-state index is 11.9. The van der Waals surface area contributed by atoms with E-state index in [9.17, 15) is 9.59 Å². The molecule has 0 spiro atoms. The lowest BCUT2D eigenvalue weighted by atomic mass is 9.98. The van der Waals surface area contributed by atoms with Crippen molar-refractivity contribution in [3.8, 4) is 0 Å². The molecule has 6 nitrogen and oxygen atoms in total. The highest BCUT2D eigenvalue weighted by Gasteiger charge is 2.41. The van der Waals surface area contributed by atoms with Crippen molar-refractivity contribution >= 4 is 12.0 Å². The summed E-state index contributed by atoms with van der Waals surface area (Å²) < 4.78 is 4.90. The van der Waals surface area contributed by atoms with E-state index in [4.69, 9.17) is 9.84 Å². The molecule has 2 fully saturated rings. The summed E-state index contributed by atoms with van der Waals surface area (Å²) in [4.78, 5) is 23.0. The van der Waals surface area contributed by atoms with E-state index in [0.29, 0.717) is 31.9 Å². The molecule has 2 rings (SSSR count). The number of carboxylic acid groups (broad SMARTS) is 1. The molecule has 0 aromatic rings. The van der Waals surface area contributed by atoms with E-state index in [2.05, 4.69) is 10.6 Å². The number of hydrogen-bond acceptors (Lipinski definition) is 3. The first-order valence-electron chi connectivity index (χ1n) is 7.88. The molecule has 0 radical (unpaired) electrons. The van der Waals surface area contributed by atoms with Gasteiger partial charge in [-0.1, -0.05) is 0 Å². The Morgan fingerprint density at radius 1 is 1.24 bits per heavy atom. The number of carbonyl (C=O) groups excluding carboxylic acids is 1. The van der Waals surface area contributed by atoms with E-state index >= 15 is 0 Å². The summed E-state index contributed by atoms with van der Waals surface area (Å²) in [5, 5.41) is 14.5. The topological polar surface area (TPSA) is 87.7 Å². The van der Waals surface area contributed by atoms with Crippen molar-refractivity contribution in [3.63, 3.8) is 0 Å². The van der Waals surface area contributed by atoms with Crippen molar-refractivity contribution in [2.45, 2.75) is 44.6 Å². The highest BCUT2D eigenvalue weighted by atomic mass is 16.5. The number of carboxylic acids is 1. The minimum atomic E-state index is -0.998. The summed E-state index contributed by atoms with van der Waals surface area (Å²) in [6.45, 7) is 1.17. The molecule has 6 heteroatoms. The van der Waals surface area contributed by atoms with Gasteiger partial charge in [0.2, 0.25) is 0 Å². The molecule has 2 aliphatic carbocycles. The van der Waals surface area contributed by atoms with Crippen molar-refractivity contribution in [1.29, 1.82) is 0 Å². The SMILES string of the molecule is COCCCC(NC(=O)NCC(C1CC1)C1CC1)C(=O)O. The molecule has 1 unspecified atom stereocenters. The molecule has 1 atom stereocenters. The van der Waals surface area contributed by atoms with Crippen LogP contribution in [0.2, 0.25) is 0 Å². The van der Waals surface area contributed by atoms with Gasteiger partial charge in [-0.3, -0.25) is 0 Å². The average molecular weight is 298 g/mol. The van der Waals surface area contributed by atoms with E-state index in [1.807, 2.05) is 0 Å². The van der Waals surface area contributed by atoms with Gasteiger partial charge >= 0.3 is 12.0 Å². The van der Waals surface area contributed by atoms with Gasteiger partial charge in [-0.2, -0.15) is 0 Å². The van der Waals surface area contributed by atoms with Crippen LogP contribution in [0.4, 0.5) is 4.79 Å². The van der Waals surface area contributed by atoms with Crippen LogP contribution in [0.15, 0.2) is 0 Å². The smallest absolute Gasteiger partial charge is 0.326 e. The van der Waals surface area contributed by atoms with E-state index in [0.717, 1.165) is 11.8 Å². The molecule has 0 aromatic carbocycles. The van der Waals surface area contributed by atoms with Gasteiger partial charge < -0.3 is 20.5 Å². The fraction of sp³-hybridized carbons (Fsp3) is 0.867. The van der Waals surface area contributed by atoms with Gasteiger partial charge in [-0.15, -0.1) is 0 Å². The van der Waals surface area contributed by atoms with Crippen LogP contribution in [0.5, 0.6) is 0 Å². The highest BCUT2D eigenvalue weighted by molar-refractivity contribution is 5.82. The fourth-order valence-electron chi connectivity index (χ4n) is 2.88. The van der Waals surface area contributed by atoms with Crippen molar-refractivity contribution in [1.82, 2.24) is 10.6 Å². The van der Waals surface area contributed by atoms with Crippen molar-refractivity contribution in [3.05, 3.63) is 0 Å². The first-order valence-corrected chi connectivity index (χ1v) is 7.88. The Morgan fingerprint density at radius 2 is 1.86 bits per heavy atom. The zero-order valence-electron chi connectivity index (χ0n) is 12.6. The summed E-state index contributed by atoms with van der Waals surface area (Å²) >= 11 is 0. The van der Waals surface area contributed by atoms with Crippen LogP contribution in [0, 0.1) is 17.8 Å². The Bertz CT molecular complexity index is 355. The minimum Gasteiger partial charge on any atom is -0.480 e. The van der Waals surface area contributed by atoms with Crippen molar-refractivity contribution < 1.29 is 19.4 Å².